The second-order valence-electron chi connectivity index (χ2n) is 11.5. The zero-order valence-corrected chi connectivity index (χ0v) is 21.6. The van der Waals surface area contributed by atoms with Crippen LogP contribution in [0.2, 0.25) is 0 Å². The summed E-state index contributed by atoms with van der Waals surface area (Å²) in [7, 11) is 0. The third-order valence-electron chi connectivity index (χ3n) is 7.93. The Morgan fingerprint density at radius 1 is 0.917 bits per heavy atom. The van der Waals surface area contributed by atoms with Gasteiger partial charge < -0.3 is 4.90 Å². The normalized spacial score (nSPS) is 17.4. The molecule has 188 valence electrons. The second-order valence-corrected chi connectivity index (χ2v) is 11.5. The van der Waals surface area contributed by atoms with Crippen molar-refractivity contribution in [3.05, 3.63) is 100 Å². The van der Waals surface area contributed by atoms with Gasteiger partial charge in [0, 0.05) is 29.8 Å². The number of hydrogen-bond acceptors (Lipinski definition) is 2. The molecule has 1 saturated heterocycles. The molecule has 0 aliphatic carbocycles. The highest BCUT2D eigenvalue weighted by atomic mass is 19.2. The molecule has 3 aromatic rings. The van der Waals surface area contributed by atoms with Crippen LogP contribution in [0.3, 0.4) is 0 Å². The number of carbonyl (C=O) groups excluding carboxylic acids is 1. The van der Waals surface area contributed by atoms with Gasteiger partial charge in [0.2, 0.25) is 0 Å². The monoisotopic (exact) mass is 488 g/mol. The van der Waals surface area contributed by atoms with Crippen LogP contribution < -0.4 is 4.90 Å². The first-order valence-corrected chi connectivity index (χ1v) is 12.8. The fraction of sp³-hybridized carbons (Fsp3) is 0.387. The molecule has 0 aromatic heterocycles. The zero-order chi connectivity index (χ0) is 25.7. The average molecular weight is 489 g/mol. The van der Waals surface area contributed by atoms with E-state index in [2.05, 4.69) is 62.9 Å². The van der Waals surface area contributed by atoms with E-state index < -0.39 is 11.6 Å². The molecule has 5 heteroatoms. The molecule has 0 atom stereocenters. The molecule has 36 heavy (non-hydrogen) atoms. The number of rotatable bonds is 3. The number of nitrogens with zero attached hydrogens (tertiary/aromatic N) is 2. The SMILES string of the molecule is Cc1ccc2c(c1)C1(CCN(Cc3ccc(C(C)(C)C)cc3)CC1)CN2C(=O)c1ccc(F)c(F)c1. The van der Waals surface area contributed by atoms with Crippen molar-refractivity contribution >= 4 is 11.6 Å². The largest absolute Gasteiger partial charge is 0.307 e. The summed E-state index contributed by atoms with van der Waals surface area (Å²) in [5.74, 6) is -2.22. The van der Waals surface area contributed by atoms with Gasteiger partial charge in [-0.3, -0.25) is 9.69 Å². The molecule has 1 fully saturated rings. The highest BCUT2D eigenvalue weighted by Gasteiger charge is 2.46. The minimum Gasteiger partial charge on any atom is -0.307 e. The van der Waals surface area contributed by atoms with Crippen LogP contribution in [-0.4, -0.2) is 30.4 Å². The summed E-state index contributed by atoms with van der Waals surface area (Å²) in [4.78, 5) is 17.7. The number of amides is 1. The summed E-state index contributed by atoms with van der Waals surface area (Å²) in [5.41, 5.74) is 6.11. The number of likely N-dealkylation sites (tertiary alicyclic amines) is 1. The number of hydrogen-bond donors (Lipinski definition) is 0. The minimum atomic E-state index is -0.997. The molecule has 2 heterocycles. The van der Waals surface area contributed by atoms with Crippen LogP contribution >= 0.6 is 0 Å². The smallest absolute Gasteiger partial charge is 0.258 e. The predicted octanol–water partition coefficient (Wildman–Crippen LogP) is 6.76. The van der Waals surface area contributed by atoms with Gasteiger partial charge in [0.25, 0.3) is 5.91 Å². The van der Waals surface area contributed by atoms with Crippen LogP contribution in [0.1, 0.15) is 66.2 Å². The highest BCUT2D eigenvalue weighted by molar-refractivity contribution is 6.07. The van der Waals surface area contributed by atoms with Gasteiger partial charge in [0.05, 0.1) is 0 Å². The van der Waals surface area contributed by atoms with Gasteiger partial charge >= 0.3 is 0 Å². The van der Waals surface area contributed by atoms with E-state index in [0.717, 1.165) is 55.9 Å². The van der Waals surface area contributed by atoms with Gasteiger partial charge in [-0.25, -0.2) is 8.78 Å². The minimum absolute atomic E-state index is 0.123. The second kappa shape index (κ2) is 9.11. The van der Waals surface area contributed by atoms with Crippen molar-refractivity contribution in [3.63, 3.8) is 0 Å². The van der Waals surface area contributed by atoms with Crippen molar-refractivity contribution in [1.82, 2.24) is 4.90 Å². The maximum Gasteiger partial charge on any atom is 0.258 e. The van der Waals surface area contributed by atoms with Gasteiger partial charge in [-0.05, 0) is 79.2 Å². The molecule has 0 N–H and O–H groups in total. The molecule has 2 aliphatic heterocycles. The first-order valence-electron chi connectivity index (χ1n) is 12.8. The van der Waals surface area contributed by atoms with Crippen LogP contribution in [0.5, 0.6) is 0 Å². The van der Waals surface area contributed by atoms with Crippen LogP contribution in [0, 0.1) is 18.6 Å². The Balaban J connectivity index is 1.34. The third kappa shape index (κ3) is 4.57. The van der Waals surface area contributed by atoms with Gasteiger partial charge in [-0.15, -0.1) is 0 Å². The number of benzene rings is 3. The van der Waals surface area contributed by atoms with Crippen molar-refractivity contribution in [2.75, 3.05) is 24.5 Å². The van der Waals surface area contributed by atoms with Gasteiger partial charge in [0.1, 0.15) is 0 Å². The van der Waals surface area contributed by atoms with E-state index in [1.54, 1.807) is 4.90 Å². The fourth-order valence-corrected chi connectivity index (χ4v) is 5.68. The van der Waals surface area contributed by atoms with E-state index in [9.17, 15) is 13.6 Å². The number of carbonyl (C=O) groups is 1. The van der Waals surface area contributed by atoms with Crippen molar-refractivity contribution in [1.29, 1.82) is 0 Å². The zero-order valence-electron chi connectivity index (χ0n) is 21.6. The standard InChI is InChI=1S/C31H34F2N2O/c1-21-5-12-28-25(17-21)31(20-35(28)29(36)23-8-11-26(32)27(33)18-23)13-15-34(16-14-31)19-22-6-9-24(10-7-22)30(2,3)4/h5-12,17-18H,13-16,19-20H2,1-4H3. The highest BCUT2D eigenvalue weighted by Crippen LogP contribution is 2.48. The maximum absolute atomic E-state index is 13.9. The van der Waals surface area contributed by atoms with Gasteiger partial charge in [-0.2, -0.15) is 0 Å². The average Bonchev–Trinajstić information content (AvgIpc) is 3.15. The molecule has 0 bridgehead atoms. The summed E-state index contributed by atoms with van der Waals surface area (Å²) in [6.07, 6.45) is 1.90. The molecule has 2 aliphatic rings. The maximum atomic E-state index is 13.9. The van der Waals surface area contributed by atoms with E-state index in [-0.39, 0.29) is 22.3 Å². The molecular weight excluding hydrogens is 454 g/mol. The quantitative estimate of drug-likeness (QED) is 0.406. The fourth-order valence-electron chi connectivity index (χ4n) is 5.68. The number of anilines is 1. The molecule has 0 radical (unpaired) electrons. The van der Waals surface area contributed by atoms with Crippen molar-refractivity contribution < 1.29 is 13.6 Å². The van der Waals surface area contributed by atoms with E-state index in [1.165, 1.54) is 22.8 Å². The van der Waals surface area contributed by atoms with E-state index in [1.807, 2.05) is 12.1 Å². The van der Waals surface area contributed by atoms with Crippen LogP contribution in [0.25, 0.3) is 0 Å². The van der Waals surface area contributed by atoms with E-state index in [4.69, 9.17) is 0 Å². The predicted molar refractivity (Wildman–Crippen MR) is 141 cm³/mol. The Bertz CT molecular complexity index is 1280. The number of piperidine rings is 1. The molecule has 3 aromatic carbocycles. The number of aryl methyl sites for hydroxylation is 1. The lowest BCUT2D eigenvalue weighted by atomic mass is 9.74. The lowest BCUT2D eigenvalue weighted by molar-refractivity contribution is 0.0975. The Kier molecular flexibility index (Phi) is 6.24. The first-order chi connectivity index (χ1) is 17.1. The first kappa shape index (κ1) is 24.6. The lowest BCUT2D eigenvalue weighted by Crippen LogP contribution is -2.45. The van der Waals surface area contributed by atoms with Crippen molar-refractivity contribution in [2.45, 2.75) is 57.9 Å². The third-order valence-corrected chi connectivity index (χ3v) is 7.93. The van der Waals surface area contributed by atoms with Gasteiger partial charge in [0.15, 0.2) is 11.6 Å². The summed E-state index contributed by atoms with van der Waals surface area (Å²) in [5, 5.41) is 0. The Labute approximate surface area is 212 Å². The number of halogens is 2. The molecule has 5 rings (SSSR count). The summed E-state index contributed by atoms with van der Waals surface area (Å²) >= 11 is 0. The molecule has 3 nitrogen and oxygen atoms in total. The Morgan fingerprint density at radius 2 is 1.61 bits per heavy atom. The number of fused-ring (bicyclic) bond motifs is 2. The topological polar surface area (TPSA) is 23.6 Å². The lowest BCUT2D eigenvalue weighted by Gasteiger charge is -2.40. The van der Waals surface area contributed by atoms with Crippen LogP contribution in [0.15, 0.2) is 60.7 Å². The summed E-state index contributed by atoms with van der Waals surface area (Å²) in [6, 6.07) is 18.6. The Morgan fingerprint density at radius 3 is 2.25 bits per heavy atom. The van der Waals surface area contributed by atoms with E-state index in [0.29, 0.717) is 6.54 Å². The Hall–Kier alpha value is -3.05. The van der Waals surface area contributed by atoms with Crippen molar-refractivity contribution in [2.24, 2.45) is 0 Å². The molecule has 0 unspecified atom stereocenters. The molecule has 0 saturated carbocycles. The molecule has 1 spiro atoms. The summed E-state index contributed by atoms with van der Waals surface area (Å²) < 4.78 is 27.3. The summed E-state index contributed by atoms with van der Waals surface area (Å²) in [6.45, 7) is 12.1. The van der Waals surface area contributed by atoms with Gasteiger partial charge in [-0.1, -0.05) is 62.7 Å². The van der Waals surface area contributed by atoms with Crippen LogP contribution in [0.4, 0.5) is 14.5 Å². The van der Waals surface area contributed by atoms with Crippen LogP contribution in [-0.2, 0) is 17.4 Å². The molecule has 1 amide bonds. The van der Waals surface area contributed by atoms with Crippen molar-refractivity contribution in [3.8, 4) is 0 Å². The van der Waals surface area contributed by atoms with E-state index >= 15 is 0 Å². The molecular formula is C31H34F2N2O.